The van der Waals surface area contributed by atoms with Crippen LogP contribution in [-0.2, 0) is 14.8 Å². The Kier molecular flexibility index (Phi) is 9.95. The van der Waals surface area contributed by atoms with Crippen molar-refractivity contribution in [2.45, 2.75) is 69.2 Å². The van der Waals surface area contributed by atoms with Gasteiger partial charge in [0.15, 0.2) is 5.03 Å². The van der Waals surface area contributed by atoms with Gasteiger partial charge in [-0.15, -0.1) is 0 Å². The molecule has 0 atom stereocenters. The molecule has 3 aromatic rings. The zero-order valence-electron chi connectivity index (χ0n) is 24.1. The molecular formula is C30H36ClN5O5S. The van der Waals surface area contributed by atoms with Gasteiger partial charge in [-0.05, 0) is 94.5 Å². The van der Waals surface area contributed by atoms with Gasteiger partial charge in [-0.2, -0.15) is 13.4 Å². The summed E-state index contributed by atoms with van der Waals surface area (Å²) in [6.07, 6.45) is 8.57. The van der Waals surface area contributed by atoms with Crippen LogP contribution in [0, 0.1) is 0 Å². The molecule has 2 heterocycles. The Morgan fingerprint density at radius 3 is 2.36 bits per heavy atom. The zero-order chi connectivity index (χ0) is 30.3. The highest BCUT2D eigenvalue weighted by Crippen LogP contribution is 2.26. The number of rotatable bonds is 9. The van der Waals surface area contributed by atoms with E-state index in [1.165, 1.54) is 13.2 Å². The molecule has 0 saturated heterocycles. The lowest BCUT2D eigenvalue weighted by Crippen LogP contribution is -2.42. The number of carbonyl (C=O) groups excluding carboxylic acids is 1. The summed E-state index contributed by atoms with van der Waals surface area (Å²) in [6, 6.07) is 13.8. The van der Waals surface area contributed by atoms with E-state index in [9.17, 15) is 13.2 Å². The van der Waals surface area contributed by atoms with Crippen LogP contribution in [0.5, 0.6) is 5.88 Å². The van der Waals surface area contributed by atoms with Crippen LogP contribution >= 0.6 is 11.6 Å². The lowest BCUT2D eigenvalue weighted by atomic mass is 9.91. The van der Waals surface area contributed by atoms with Gasteiger partial charge in [-0.3, -0.25) is 4.72 Å². The number of hydrogen-bond donors (Lipinski definition) is 3. The fraction of sp³-hybridized carbons (Fsp3) is 0.367. The average molecular weight is 614 g/mol. The van der Waals surface area contributed by atoms with E-state index in [1.807, 2.05) is 39.0 Å². The van der Waals surface area contributed by atoms with Crippen molar-refractivity contribution in [3.8, 4) is 5.88 Å². The number of benzene rings is 1. The number of sulfonamides is 1. The molecule has 1 aliphatic rings. The Labute approximate surface area is 252 Å². The van der Waals surface area contributed by atoms with E-state index in [-0.39, 0.29) is 39.8 Å². The van der Waals surface area contributed by atoms with Gasteiger partial charge in [0, 0.05) is 23.8 Å². The molecule has 224 valence electrons. The summed E-state index contributed by atoms with van der Waals surface area (Å²) < 4.78 is 38.9. The summed E-state index contributed by atoms with van der Waals surface area (Å²) in [6.45, 7) is 5.55. The predicted octanol–water partition coefficient (Wildman–Crippen LogP) is 6.36. The van der Waals surface area contributed by atoms with Crippen molar-refractivity contribution in [3.05, 3.63) is 70.9 Å². The Bertz CT molecular complexity index is 1520. The minimum atomic E-state index is -3.98. The van der Waals surface area contributed by atoms with E-state index in [2.05, 4.69) is 25.3 Å². The number of alkyl carbamates (subject to hydrolysis) is 1. The van der Waals surface area contributed by atoms with Crippen molar-refractivity contribution in [2.24, 2.45) is 0 Å². The number of carbonyl (C=O) groups is 1. The molecule has 0 bridgehead atoms. The van der Waals surface area contributed by atoms with E-state index in [1.54, 1.807) is 42.6 Å². The van der Waals surface area contributed by atoms with Crippen molar-refractivity contribution < 1.29 is 22.7 Å². The second-order valence-corrected chi connectivity index (χ2v) is 13.0. The number of anilines is 2. The summed E-state index contributed by atoms with van der Waals surface area (Å²) in [7, 11) is -2.54. The van der Waals surface area contributed by atoms with Crippen LogP contribution in [0.4, 0.5) is 16.3 Å². The van der Waals surface area contributed by atoms with Gasteiger partial charge in [-0.1, -0.05) is 29.8 Å². The minimum absolute atomic E-state index is 0.109. The molecule has 1 aliphatic carbocycles. The Morgan fingerprint density at radius 1 is 1.00 bits per heavy atom. The number of methoxy groups -OCH3 is 1. The van der Waals surface area contributed by atoms with Crippen molar-refractivity contribution in [3.63, 3.8) is 0 Å². The van der Waals surface area contributed by atoms with Crippen LogP contribution in [-0.4, -0.2) is 49.3 Å². The second kappa shape index (κ2) is 13.4. The Morgan fingerprint density at radius 2 is 1.71 bits per heavy atom. The first-order chi connectivity index (χ1) is 19.9. The van der Waals surface area contributed by atoms with E-state index < -0.39 is 15.6 Å². The van der Waals surface area contributed by atoms with Gasteiger partial charge in [0.1, 0.15) is 11.4 Å². The van der Waals surface area contributed by atoms with Crippen molar-refractivity contribution >= 4 is 51.4 Å². The van der Waals surface area contributed by atoms with E-state index in [4.69, 9.17) is 21.1 Å². The van der Waals surface area contributed by atoms with E-state index >= 15 is 0 Å². The third-order valence-electron chi connectivity index (χ3n) is 6.49. The fourth-order valence-electron chi connectivity index (χ4n) is 4.46. The molecule has 3 N–H and O–H groups in total. The molecule has 0 spiro atoms. The highest BCUT2D eigenvalue weighted by molar-refractivity contribution is 7.92. The topological polar surface area (TPSA) is 132 Å². The first-order valence-electron chi connectivity index (χ1n) is 13.6. The maximum atomic E-state index is 12.8. The van der Waals surface area contributed by atoms with E-state index in [0.29, 0.717) is 5.56 Å². The standard InChI is InChI=1S/C30H36ClN5O5S/c1-30(2,3)41-29(37)34-23-15-13-22(14-16-23)33-26-17-10-20(19-32-26)9-11-21-12-18-27(35-28(21)40-4)42(38,39)36-25-8-6-5-7-24(25)31/h5-12,17-19,22-23,36H,13-16H2,1-4H3,(H,32,33)(H,34,37)/b11-9+. The van der Waals surface area contributed by atoms with Crippen LogP contribution in [0.2, 0.25) is 5.02 Å². The van der Waals surface area contributed by atoms with Gasteiger partial charge < -0.3 is 20.1 Å². The van der Waals surface area contributed by atoms with Gasteiger partial charge in [-0.25, -0.2) is 9.78 Å². The van der Waals surface area contributed by atoms with Gasteiger partial charge in [0.25, 0.3) is 10.0 Å². The van der Waals surface area contributed by atoms with Gasteiger partial charge in [0.05, 0.1) is 17.8 Å². The highest BCUT2D eigenvalue weighted by Gasteiger charge is 2.25. The smallest absolute Gasteiger partial charge is 0.407 e. The summed E-state index contributed by atoms with van der Waals surface area (Å²) in [5.74, 6) is 0.937. The summed E-state index contributed by atoms with van der Waals surface area (Å²) in [5.41, 5.74) is 1.21. The summed E-state index contributed by atoms with van der Waals surface area (Å²) in [5, 5.41) is 6.52. The summed E-state index contributed by atoms with van der Waals surface area (Å²) >= 11 is 6.09. The number of para-hydroxylation sites is 1. The fourth-order valence-corrected chi connectivity index (χ4v) is 5.72. The van der Waals surface area contributed by atoms with Crippen LogP contribution in [0.3, 0.4) is 0 Å². The van der Waals surface area contributed by atoms with Gasteiger partial charge in [0.2, 0.25) is 5.88 Å². The molecule has 10 nitrogen and oxygen atoms in total. The number of ether oxygens (including phenoxy) is 2. The summed E-state index contributed by atoms with van der Waals surface area (Å²) in [4.78, 5) is 20.8. The van der Waals surface area contributed by atoms with Crippen LogP contribution < -0.4 is 20.1 Å². The van der Waals surface area contributed by atoms with Crippen molar-refractivity contribution in [1.82, 2.24) is 15.3 Å². The number of nitrogens with zero attached hydrogens (tertiary/aromatic N) is 2. The molecule has 1 fully saturated rings. The Balaban J connectivity index is 1.32. The number of hydrogen-bond acceptors (Lipinski definition) is 8. The first-order valence-corrected chi connectivity index (χ1v) is 15.5. The number of pyridine rings is 2. The quantitative estimate of drug-likeness (QED) is 0.254. The van der Waals surface area contributed by atoms with Crippen molar-refractivity contribution in [1.29, 1.82) is 0 Å². The molecule has 42 heavy (non-hydrogen) atoms. The molecule has 1 saturated carbocycles. The third-order valence-corrected chi connectivity index (χ3v) is 8.09. The van der Waals surface area contributed by atoms with E-state index in [0.717, 1.165) is 37.1 Å². The normalized spacial score (nSPS) is 17.5. The minimum Gasteiger partial charge on any atom is -0.481 e. The first kappa shape index (κ1) is 31.1. The largest absolute Gasteiger partial charge is 0.481 e. The molecule has 4 rings (SSSR count). The van der Waals surface area contributed by atoms with Crippen molar-refractivity contribution in [2.75, 3.05) is 17.1 Å². The molecule has 12 heteroatoms. The second-order valence-electron chi connectivity index (χ2n) is 11.0. The molecule has 0 aliphatic heterocycles. The molecule has 0 unspecified atom stereocenters. The molecule has 2 aromatic heterocycles. The number of halogens is 1. The molecular weight excluding hydrogens is 578 g/mol. The lowest BCUT2D eigenvalue weighted by molar-refractivity contribution is 0.0492. The van der Waals surface area contributed by atoms with Crippen LogP contribution in [0.25, 0.3) is 12.2 Å². The third kappa shape index (κ3) is 8.83. The SMILES string of the molecule is COc1nc(S(=O)(=O)Nc2ccccc2Cl)ccc1/C=C/c1ccc(NC2CCC(NC(=O)OC(C)(C)C)CC2)nc1. The average Bonchev–Trinajstić information content (AvgIpc) is 2.94. The molecule has 0 radical (unpaired) electrons. The molecule has 1 aromatic carbocycles. The lowest BCUT2D eigenvalue weighted by Gasteiger charge is -2.30. The zero-order valence-corrected chi connectivity index (χ0v) is 25.6. The highest BCUT2D eigenvalue weighted by atomic mass is 35.5. The number of nitrogens with one attached hydrogen (secondary N) is 3. The predicted molar refractivity (Wildman–Crippen MR) is 165 cm³/mol. The molecule has 1 amide bonds. The number of amides is 1. The monoisotopic (exact) mass is 613 g/mol. The maximum absolute atomic E-state index is 12.8. The number of aromatic nitrogens is 2. The Hall–Kier alpha value is -3.83. The van der Waals surface area contributed by atoms with Gasteiger partial charge >= 0.3 is 6.09 Å². The maximum Gasteiger partial charge on any atom is 0.407 e. The van der Waals surface area contributed by atoms with Crippen LogP contribution in [0.1, 0.15) is 57.6 Å². The van der Waals surface area contributed by atoms with Crippen LogP contribution in [0.15, 0.2) is 59.8 Å².